The standard InChI is InChI=1S/C8H7NO3/c9-8(11)6-1-3-7(4-2-6)12-5-10/h1-5H,(H2,9,11). The average Bonchev–Trinajstić information content (AvgIpc) is 2.06. The molecular weight excluding hydrogens is 158 g/mol. The molecule has 0 unspecified atom stereocenters. The van der Waals surface area contributed by atoms with E-state index in [9.17, 15) is 9.59 Å². The Hall–Kier alpha value is -1.84. The molecule has 0 saturated heterocycles. The molecule has 1 amide bonds. The second kappa shape index (κ2) is 3.52. The van der Waals surface area contributed by atoms with Crippen LogP contribution in [0.15, 0.2) is 24.3 Å². The summed E-state index contributed by atoms with van der Waals surface area (Å²) in [6, 6.07) is 5.96. The van der Waals surface area contributed by atoms with Gasteiger partial charge in [0.15, 0.2) is 0 Å². The van der Waals surface area contributed by atoms with Crippen LogP contribution in [-0.4, -0.2) is 12.4 Å². The molecule has 0 radical (unpaired) electrons. The summed E-state index contributed by atoms with van der Waals surface area (Å²) in [7, 11) is 0. The molecule has 62 valence electrons. The number of hydrogen-bond acceptors (Lipinski definition) is 3. The Morgan fingerprint density at radius 2 is 1.92 bits per heavy atom. The van der Waals surface area contributed by atoms with Crippen molar-refractivity contribution in [3.05, 3.63) is 29.8 Å². The lowest BCUT2D eigenvalue weighted by atomic mass is 10.2. The number of primary amides is 1. The maximum absolute atomic E-state index is 10.6. The van der Waals surface area contributed by atoms with Crippen LogP contribution in [0.4, 0.5) is 0 Å². The molecule has 0 atom stereocenters. The number of rotatable bonds is 3. The smallest absolute Gasteiger partial charge is 0.298 e. The summed E-state index contributed by atoms with van der Waals surface area (Å²) in [5.41, 5.74) is 5.37. The second-order valence-corrected chi connectivity index (χ2v) is 2.10. The molecule has 4 nitrogen and oxygen atoms in total. The lowest BCUT2D eigenvalue weighted by Crippen LogP contribution is -2.10. The van der Waals surface area contributed by atoms with E-state index in [1.165, 1.54) is 24.3 Å². The summed E-state index contributed by atoms with van der Waals surface area (Å²) in [5.74, 6) is -0.123. The van der Waals surface area contributed by atoms with E-state index in [4.69, 9.17) is 5.73 Å². The predicted molar refractivity (Wildman–Crippen MR) is 41.7 cm³/mol. The first-order valence-corrected chi connectivity index (χ1v) is 3.24. The SMILES string of the molecule is NC(=O)c1ccc(OC=O)cc1. The molecular formula is C8H7NO3. The normalized spacial score (nSPS) is 9.00. The third-order valence-corrected chi connectivity index (χ3v) is 1.32. The fourth-order valence-electron chi connectivity index (χ4n) is 0.753. The van der Waals surface area contributed by atoms with Gasteiger partial charge in [0.1, 0.15) is 5.75 Å². The number of amides is 1. The third kappa shape index (κ3) is 1.82. The van der Waals surface area contributed by atoms with Gasteiger partial charge in [-0.3, -0.25) is 9.59 Å². The topological polar surface area (TPSA) is 69.4 Å². The molecule has 0 bridgehead atoms. The molecule has 0 aromatic heterocycles. The molecule has 4 heteroatoms. The van der Waals surface area contributed by atoms with Crippen molar-refractivity contribution in [2.45, 2.75) is 0 Å². The van der Waals surface area contributed by atoms with Crippen LogP contribution in [0.1, 0.15) is 10.4 Å². The minimum absolute atomic E-state index is 0.319. The molecule has 0 saturated carbocycles. The van der Waals surface area contributed by atoms with Gasteiger partial charge >= 0.3 is 0 Å². The van der Waals surface area contributed by atoms with Gasteiger partial charge in [-0.15, -0.1) is 0 Å². The predicted octanol–water partition coefficient (Wildman–Crippen LogP) is 0.321. The summed E-state index contributed by atoms with van der Waals surface area (Å²) in [4.78, 5) is 20.5. The minimum atomic E-state index is -0.507. The first kappa shape index (κ1) is 8.26. The van der Waals surface area contributed by atoms with Crippen LogP contribution in [0.5, 0.6) is 5.75 Å². The van der Waals surface area contributed by atoms with Gasteiger partial charge in [-0.05, 0) is 24.3 Å². The fourth-order valence-corrected chi connectivity index (χ4v) is 0.753. The van der Waals surface area contributed by atoms with Crippen molar-refractivity contribution >= 4 is 12.4 Å². The summed E-state index contributed by atoms with van der Waals surface area (Å²) in [5, 5.41) is 0. The Morgan fingerprint density at radius 1 is 1.33 bits per heavy atom. The van der Waals surface area contributed by atoms with E-state index in [0.717, 1.165) is 0 Å². The largest absolute Gasteiger partial charge is 0.429 e. The van der Waals surface area contributed by atoms with E-state index in [0.29, 0.717) is 17.8 Å². The van der Waals surface area contributed by atoms with Gasteiger partial charge in [0.25, 0.3) is 6.47 Å². The number of hydrogen-bond donors (Lipinski definition) is 1. The van der Waals surface area contributed by atoms with Gasteiger partial charge in [-0.25, -0.2) is 0 Å². The highest BCUT2D eigenvalue weighted by molar-refractivity contribution is 5.92. The van der Waals surface area contributed by atoms with E-state index in [1.807, 2.05) is 0 Å². The zero-order valence-electron chi connectivity index (χ0n) is 6.19. The first-order chi connectivity index (χ1) is 5.74. The Balaban J connectivity index is 2.85. The zero-order valence-corrected chi connectivity index (χ0v) is 6.19. The van der Waals surface area contributed by atoms with Crippen molar-refractivity contribution in [3.63, 3.8) is 0 Å². The lowest BCUT2D eigenvalue weighted by molar-refractivity contribution is -0.120. The number of ether oxygens (including phenoxy) is 1. The van der Waals surface area contributed by atoms with E-state index >= 15 is 0 Å². The summed E-state index contributed by atoms with van der Waals surface area (Å²) in [6.45, 7) is 0.319. The van der Waals surface area contributed by atoms with Crippen LogP contribution in [0.3, 0.4) is 0 Å². The Bertz CT molecular complexity index is 292. The van der Waals surface area contributed by atoms with Crippen molar-refractivity contribution in [3.8, 4) is 5.75 Å². The van der Waals surface area contributed by atoms with Crippen LogP contribution >= 0.6 is 0 Å². The highest BCUT2D eigenvalue weighted by Crippen LogP contribution is 2.10. The fraction of sp³-hybridized carbons (Fsp3) is 0. The molecule has 0 aliphatic carbocycles. The van der Waals surface area contributed by atoms with Crippen LogP contribution in [0, 0.1) is 0 Å². The number of nitrogens with two attached hydrogens (primary N) is 1. The molecule has 0 spiro atoms. The van der Waals surface area contributed by atoms with Crippen LogP contribution in [0.25, 0.3) is 0 Å². The Labute approximate surface area is 68.9 Å². The lowest BCUT2D eigenvalue weighted by Gasteiger charge is -1.97. The van der Waals surface area contributed by atoms with Gasteiger partial charge < -0.3 is 10.5 Å². The molecule has 0 aliphatic rings. The first-order valence-electron chi connectivity index (χ1n) is 3.24. The summed E-state index contributed by atoms with van der Waals surface area (Å²) < 4.78 is 4.51. The van der Waals surface area contributed by atoms with Gasteiger partial charge in [0.05, 0.1) is 0 Å². The van der Waals surface area contributed by atoms with Crippen LogP contribution in [-0.2, 0) is 4.79 Å². The highest BCUT2D eigenvalue weighted by atomic mass is 16.5. The van der Waals surface area contributed by atoms with Crippen LogP contribution in [0.2, 0.25) is 0 Å². The van der Waals surface area contributed by atoms with Crippen molar-refractivity contribution in [2.24, 2.45) is 5.73 Å². The molecule has 1 aromatic rings. The molecule has 0 fully saturated rings. The van der Waals surface area contributed by atoms with E-state index < -0.39 is 5.91 Å². The maximum Gasteiger partial charge on any atom is 0.298 e. The van der Waals surface area contributed by atoms with E-state index in [-0.39, 0.29) is 0 Å². The van der Waals surface area contributed by atoms with Gasteiger partial charge in [0, 0.05) is 5.56 Å². The maximum atomic E-state index is 10.6. The number of benzene rings is 1. The Kier molecular flexibility index (Phi) is 2.42. The van der Waals surface area contributed by atoms with Crippen molar-refractivity contribution < 1.29 is 14.3 Å². The third-order valence-electron chi connectivity index (χ3n) is 1.32. The monoisotopic (exact) mass is 165 g/mol. The molecule has 12 heavy (non-hydrogen) atoms. The molecule has 0 aliphatic heterocycles. The molecule has 2 N–H and O–H groups in total. The quantitative estimate of drug-likeness (QED) is 0.656. The Morgan fingerprint density at radius 3 is 2.33 bits per heavy atom. The van der Waals surface area contributed by atoms with E-state index in [1.54, 1.807) is 0 Å². The average molecular weight is 165 g/mol. The van der Waals surface area contributed by atoms with Gasteiger partial charge in [0.2, 0.25) is 5.91 Å². The van der Waals surface area contributed by atoms with Gasteiger partial charge in [-0.2, -0.15) is 0 Å². The number of carbonyl (C=O) groups excluding carboxylic acids is 2. The summed E-state index contributed by atoms with van der Waals surface area (Å²) in [6.07, 6.45) is 0. The molecule has 1 aromatic carbocycles. The van der Waals surface area contributed by atoms with Gasteiger partial charge in [-0.1, -0.05) is 0 Å². The van der Waals surface area contributed by atoms with Crippen LogP contribution < -0.4 is 10.5 Å². The zero-order chi connectivity index (χ0) is 8.97. The second-order valence-electron chi connectivity index (χ2n) is 2.10. The minimum Gasteiger partial charge on any atom is -0.429 e. The number of carbonyl (C=O) groups is 2. The molecule has 1 rings (SSSR count). The highest BCUT2D eigenvalue weighted by Gasteiger charge is 1.98. The van der Waals surface area contributed by atoms with Crippen molar-refractivity contribution in [1.29, 1.82) is 0 Å². The molecule has 0 heterocycles. The summed E-state index contributed by atoms with van der Waals surface area (Å²) >= 11 is 0. The van der Waals surface area contributed by atoms with Crippen molar-refractivity contribution in [1.82, 2.24) is 0 Å². The van der Waals surface area contributed by atoms with E-state index in [2.05, 4.69) is 4.74 Å². The van der Waals surface area contributed by atoms with Crippen molar-refractivity contribution in [2.75, 3.05) is 0 Å².